The van der Waals surface area contributed by atoms with Gasteiger partial charge in [-0.15, -0.1) is 0 Å². The van der Waals surface area contributed by atoms with Gasteiger partial charge in [-0.2, -0.15) is 0 Å². The van der Waals surface area contributed by atoms with Gasteiger partial charge in [0.15, 0.2) is 0 Å². The average Bonchev–Trinajstić information content (AvgIpc) is 2.64. The molecule has 0 aliphatic carbocycles. The Morgan fingerprint density at radius 3 is 2.60 bits per heavy atom. The molecule has 10 heteroatoms. The van der Waals surface area contributed by atoms with Gasteiger partial charge in [0.05, 0.1) is 39.1 Å². The maximum absolute atomic E-state index is 12.9. The van der Waals surface area contributed by atoms with Gasteiger partial charge in [-0.25, -0.2) is 9.36 Å². The van der Waals surface area contributed by atoms with Gasteiger partial charge in [-0.05, 0) is 23.0 Å². The van der Waals surface area contributed by atoms with Gasteiger partial charge >= 0.3 is 12.8 Å². The normalized spacial score (nSPS) is 14.7. The van der Waals surface area contributed by atoms with E-state index in [0.717, 1.165) is 11.4 Å². The molecule has 25 heavy (non-hydrogen) atoms. The molecule has 1 rings (SSSR count). The van der Waals surface area contributed by atoms with E-state index < -0.39 is 25.5 Å². The van der Waals surface area contributed by atoms with Gasteiger partial charge in [0.1, 0.15) is 6.10 Å². The van der Waals surface area contributed by atoms with Crippen molar-refractivity contribution in [3.05, 3.63) is 35.4 Å². The summed E-state index contributed by atoms with van der Waals surface area (Å²) in [5.41, 5.74) is 0.949. The standard InChI is InChI=1S/C15H23O8PS/c1-20-10-13(9-17)23-24(19,22-8-7-16)25-11-12-5-3-4-6-14(12)15(18)21-2/h3-6,13,16-17H,7-11H2,1-2H3. The van der Waals surface area contributed by atoms with Crippen molar-refractivity contribution in [3.63, 3.8) is 0 Å². The molecular weight excluding hydrogens is 371 g/mol. The topological polar surface area (TPSA) is 112 Å². The largest absolute Gasteiger partial charge is 0.465 e. The van der Waals surface area contributed by atoms with Crippen LogP contribution in [-0.4, -0.2) is 62.9 Å². The zero-order chi connectivity index (χ0) is 18.7. The van der Waals surface area contributed by atoms with Gasteiger partial charge in [-0.3, -0.25) is 9.05 Å². The third kappa shape index (κ3) is 7.45. The van der Waals surface area contributed by atoms with Gasteiger partial charge < -0.3 is 19.7 Å². The smallest absolute Gasteiger partial charge is 0.389 e. The zero-order valence-electron chi connectivity index (χ0n) is 14.1. The van der Waals surface area contributed by atoms with Crippen LogP contribution < -0.4 is 0 Å². The number of hydrogen-bond donors (Lipinski definition) is 2. The second-order valence-electron chi connectivity index (χ2n) is 4.79. The number of benzene rings is 1. The molecule has 2 N–H and O–H groups in total. The van der Waals surface area contributed by atoms with Crippen LogP contribution in [0.15, 0.2) is 24.3 Å². The molecule has 0 aliphatic heterocycles. The van der Waals surface area contributed by atoms with E-state index in [1.54, 1.807) is 24.3 Å². The Labute approximate surface area is 150 Å². The maximum Gasteiger partial charge on any atom is 0.389 e. The molecule has 0 heterocycles. The van der Waals surface area contributed by atoms with E-state index in [0.29, 0.717) is 11.1 Å². The molecule has 8 nitrogen and oxygen atoms in total. The van der Waals surface area contributed by atoms with Crippen LogP contribution in [0.5, 0.6) is 0 Å². The van der Waals surface area contributed by atoms with Crippen LogP contribution in [0, 0.1) is 0 Å². The first-order chi connectivity index (χ1) is 12.0. The van der Waals surface area contributed by atoms with Crippen LogP contribution in [0.4, 0.5) is 0 Å². The molecule has 0 bridgehead atoms. The minimum absolute atomic E-state index is 0.0300. The molecule has 0 saturated heterocycles. The second kappa shape index (κ2) is 11.6. The van der Waals surface area contributed by atoms with Crippen LogP contribution in [0.2, 0.25) is 0 Å². The van der Waals surface area contributed by atoms with Gasteiger partial charge in [-0.1, -0.05) is 18.2 Å². The third-order valence-electron chi connectivity index (χ3n) is 2.98. The second-order valence-corrected chi connectivity index (χ2v) is 8.82. The van der Waals surface area contributed by atoms with E-state index in [2.05, 4.69) is 0 Å². The molecule has 0 saturated carbocycles. The highest BCUT2D eigenvalue weighted by atomic mass is 32.7. The molecule has 0 spiro atoms. The lowest BCUT2D eigenvalue weighted by Gasteiger charge is -2.22. The van der Waals surface area contributed by atoms with Crippen molar-refractivity contribution >= 4 is 24.1 Å². The predicted molar refractivity (Wildman–Crippen MR) is 93.6 cm³/mol. The van der Waals surface area contributed by atoms with Crippen molar-refractivity contribution in [3.8, 4) is 0 Å². The lowest BCUT2D eigenvalue weighted by molar-refractivity contribution is 0.0318. The van der Waals surface area contributed by atoms with Crippen molar-refractivity contribution in [1.82, 2.24) is 0 Å². The van der Waals surface area contributed by atoms with Crippen molar-refractivity contribution in [2.24, 2.45) is 0 Å². The van der Waals surface area contributed by atoms with Crippen LogP contribution >= 0.6 is 18.2 Å². The summed E-state index contributed by atoms with van der Waals surface area (Å²) in [6.45, 7) is -4.59. The molecule has 2 atom stereocenters. The predicted octanol–water partition coefficient (Wildman–Crippen LogP) is 1.85. The fourth-order valence-electron chi connectivity index (χ4n) is 1.84. The molecule has 0 amide bonds. The molecule has 1 aromatic carbocycles. The average molecular weight is 394 g/mol. The number of carbonyl (C=O) groups excluding carboxylic acids is 1. The number of ether oxygens (including phenoxy) is 2. The van der Waals surface area contributed by atoms with E-state index in [-0.39, 0.29) is 25.6 Å². The monoisotopic (exact) mass is 394 g/mol. The minimum atomic E-state index is -3.70. The molecule has 1 aromatic rings. The SMILES string of the molecule is COCC(CO)OP(=O)(OCCO)SCc1ccccc1C(=O)OC. The number of hydrogen-bond acceptors (Lipinski definition) is 9. The first kappa shape index (κ1) is 22.1. The molecule has 0 radical (unpaired) electrons. The Morgan fingerprint density at radius 2 is 2.00 bits per heavy atom. The van der Waals surface area contributed by atoms with Crippen molar-refractivity contribution < 1.29 is 38.1 Å². The van der Waals surface area contributed by atoms with Crippen LogP contribution in [-0.2, 0) is 28.8 Å². The highest BCUT2D eigenvalue weighted by molar-refractivity contribution is 8.54. The first-order valence-electron chi connectivity index (χ1n) is 7.44. The Bertz CT molecular complexity index is 582. The summed E-state index contributed by atoms with van der Waals surface area (Å²) in [6.07, 6.45) is -0.835. The summed E-state index contributed by atoms with van der Waals surface area (Å²) in [6, 6.07) is 6.74. The van der Waals surface area contributed by atoms with Gasteiger partial charge in [0, 0.05) is 12.9 Å². The Morgan fingerprint density at radius 1 is 1.28 bits per heavy atom. The fraction of sp³-hybridized carbons (Fsp3) is 0.533. The van der Waals surface area contributed by atoms with Crippen molar-refractivity contribution in [1.29, 1.82) is 0 Å². The molecule has 142 valence electrons. The summed E-state index contributed by atoms with van der Waals surface area (Å²) in [5, 5.41) is 18.2. The Hall–Kier alpha value is -0.930. The number of aliphatic hydroxyl groups excluding tert-OH is 2. The van der Waals surface area contributed by atoms with E-state index in [4.69, 9.17) is 23.6 Å². The number of carbonyl (C=O) groups is 1. The third-order valence-corrected chi connectivity index (χ3v) is 6.70. The summed E-state index contributed by atoms with van der Waals surface area (Å²) < 4.78 is 33.0. The summed E-state index contributed by atoms with van der Waals surface area (Å²) in [4.78, 5) is 11.8. The highest BCUT2D eigenvalue weighted by Crippen LogP contribution is 2.62. The van der Waals surface area contributed by atoms with Crippen molar-refractivity contribution in [2.75, 3.05) is 40.6 Å². The van der Waals surface area contributed by atoms with E-state index >= 15 is 0 Å². The molecule has 0 fully saturated rings. The van der Waals surface area contributed by atoms with Crippen molar-refractivity contribution in [2.45, 2.75) is 11.9 Å². The molecule has 0 aliphatic rings. The number of rotatable bonds is 12. The van der Waals surface area contributed by atoms with Gasteiger partial charge in [0.25, 0.3) is 0 Å². The van der Waals surface area contributed by atoms with Crippen LogP contribution in [0.3, 0.4) is 0 Å². The highest BCUT2D eigenvalue weighted by Gasteiger charge is 2.30. The fourth-order valence-corrected chi connectivity index (χ4v) is 5.27. The van der Waals surface area contributed by atoms with E-state index in [1.165, 1.54) is 14.2 Å². The lowest BCUT2D eigenvalue weighted by atomic mass is 10.1. The summed E-state index contributed by atoms with van der Waals surface area (Å²) >= 11 is 0.854. The zero-order valence-corrected chi connectivity index (χ0v) is 15.8. The molecular formula is C15H23O8PS. The van der Waals surface area contributed by atoms with Gasteiger partial charge in [0.2, 0.25) is 0 Å². The number of methoxy groups -OCH3 is 2. The summed E-state index contributed by atoms with van der Waals surface area (Å²) in [5.74, 6) is -0.352. The van der Waals surface area contributed by atoms with E-state index in [9.17, 15) is 14.5 Å². The first-order valence-corrected chi connectivity index (χ1v) is 10.6. The summed E-state index contributed by atoms with van der Waals surface area (Å²) in [7, 11) is 2.70. The Balaban J connectivity index is 2.89. The number of esters is 1. The van der Waals surface area contributed by atoms with E-state index in [1.807, 2.05) is 0 Å². The minimum Gasteiger partial charge on any atom is -0.465 e. The quantitative estimate of drug-likeness (QED) is 0.405. The van der Waals surface area contributed by atoms with Crippen LogP contribution in [0.25, 0.3) is 0 Å². The Kier molecular flexibility index (Phi) is 10.3. The number of aliphatic hydroxyl groups is 2. The maximum atomic E-state index is 12.9. The molecule has 2 unspecified atom stereocenters. The van der Waals surface area contributed by atoms with Crippen LogP contribution in [0.1, 0.15) is 15.9 Å². The molecule has 0 aromatic heterocycles. The lowest BCUT2D eigenvalue weighted by Crippen LogP contribution is -2.22.